The average Bonchev–Trinajstić information content (AvgIpc) is 2.97. The van der Waals surface area contributed by atoms with Gasteiger partial charge in [0.1, 0.15) is 12.3 Å². The van der Waals surface area contributed by atoms with Crippen LogP contribution < -0.4 is 10.1 Å². The highest BCUT2D eigenvalue weighted by atomic mass is 32.1. The molecule has 0 aliphatic carbocycles. The molecule has 0 radical (unpaired) electrons. The number of carbonyl (C=O) groups excluding carboxylic acids is 2. The second-order valence-corrected chi connectivity index (χ2v) is 7.22. The summed E-state index contributed by atoms with van der Waals surface area (Å²) in [6.45, 7) is 4.70. The van der Waals surface area contributed by atoms with Crippen molar-refractivity contribution in [2.75, 3.05) is 39.2 Å². The molecule has 0 bridgehead atoms. The summed E-state index contributed by atoms with van der Waals surface area (Å²) < 4.78 is 10.2. The lowest BCUT2D eigenvalue weighted by Gasteiger charge is -2.22. The molecular formula is C19H25N3O4S. The lowest BCUT2D eigenvalue weighted by Crippen LogP contribution is -2.39. The fourth-order valence-electron chi connectivity index (χ4n) is 2.45. The molecule has 0 aliphatic rings. The van der Waals surface area contributed by atoms with Gasteiger partial charge in [0.15, 0.2) is 5.13 Å². The molecule has 8 heteroatoms. The van der Waals surface area contributed by atoms with Crippen LogP contribution in [-0.2, 0) is 9.53 Å². The van der Waals surface area contributed by atoms with Crippen LogP contribution in [0, 0.1) is 13.8 Å². The van der Waals surface area contributed by atoms with Crippen LogP contribution in [0.15, 0.2) is 24.3 Å². The molecule has 146 valence electrons. The van der Waals surface area contributed by atoms with Gasteiger partial charge in [0.25, 0.3) is 5.91 Å². The van der Waals surface area contributed by atoms with Crippen molar-refractivity contribution in [3.05, 3.63) is 40.4 Å². The van der Waals surface area contributed by atoms with Crippen molar-refractivity contribution in [2.45, 2.75) is 20.3 Å². The Labute approximate surface area is 163 Å². The second-order valence-electron chi connectivity index (χ2n) is 6.01. The number of thiazole rings is 1. The summed E-state index contributed by atoms with van der Waals surface area (Å²) in [5, 5.41) is 3.31. The number of hydrogen-bond acceptors (Lipinski definition) is 6. The smallest absolute Gasteiger partial charge is 0.254 e. The Morgan fingerprint density at radius 3 is 2.67 bits per heavy atom. The molecule has 7 nitrogen and oxygen atoms in total. The van der Waals surface area contributed by atoms with Gasteiger partial charge in [-0.15, -0.1) is 11.3 Å². The number of amides is 2. The molecule has 0 saturated heterocycles. The zero-order valence-electron chi connectivity index (χ0n) is 16.1. The predicted octanol–water partition coefficient (Wildman–Crippen LogP) is 2.89. The van der Waals surface area contributed by atoms with E-state index in [4.69, 9.17) is 9.47 Å². The summed E-state index contributed by atoms with van der Waals surface area (Å²) in [7, 11) is 3.15. The Kier molecular flexibility index (Phi) is 7.75. The minimum atomic E-state index is -0.280. The van der Waals surface area contributed by atoms with Crippen LogP contribution in [0.4, 0.5) is 5.13 Å². The molecule has 0 unspecified atom stereocenters. The quantitative estimate of drug-likeness (QED) is 0.665. The van der Waals surface area contributed by atoms with Gasteiger partial charge >= 0.3 is 0 Å². The van der Waals surface area contributed by atoms with Gasteiger partial charge in [0, 0.05) is 30.7 Å². The summed E-state index contributed by atoms with van der Waals surface area (Å²) in [5.41, 5.74) is 1.36. The third-order valence-corrected chi connectivity index (χ3v) is 4.98. The van der Waals surface area contributed by atoms with Crippen molar-refractivity contribution < 1.29 is 19.1 Å². The zero-order chi connectivity index (χ0) is 19.8. The molecule has 1 heterocycles. The topological polar surface area (TPSA) is 80.8 Å². The Bertz CT molecular complexity index is 772. The van der Waals surface area contributed by atoms with E-state index in [9.17, 15) is 9.59 Å². The van der Waals surface area contributed by atoms with Crippen LogP contribution in [0.2, 0.25) is 0 Å². The van der Waals surface area contributed by atoms with E-state index in [1.165, 1.54) is 16.2 Å². The van der Waals surface area contributed by atoms with Crippen molar-refractivity contribution in [3.8, 4) is 5.75 Å². The molecule has 0 fully saturated rings. The van der Waals surface area contributed by atoms with E-state index >= 15 is 0 Å². The molecule has 1 aromatic heterocycles. The van der Waals surface area contributed by atoms with Crippen LogP contribution in [0.1, 0.15) is 27.3 Å². The largest absolute Gasteiger partial charge is 0.497 e. The van der Waals surface area contributed by atoms with E-state index < -0.39 is 0 Å². The van der Waals surface area contributed by atoms with E-state index in [2.05, 4.69) is 10.3 Å². The number of rotatable bonds is 9. The predicted molar refractivity (Wildman–Crippen MR) is 106 cm³/mol. The number of nitrogens with zero attached hydrogens (tertiary/aromatic N) is 2. The molecule has 0 aliphatic heterocycles. The summed E-state index contributed by atoms with van der Waals surface area (Å²) in [6, 6.07) is 6.89. The number of nitrogens with one attached hydrogen (secondary N) is 1. The number of anilines is 1. The Morgan fingerprint density at radius 1 is 1.26 bits per heavy atom. The average molecular weight is 391 g/mol. The minimum absolute atomic E-state index is 0.0581. The maximum Gasteiger partial charge on any atom is 0.254 e. The van der Waals surface area contributed by atoms with Crippen molar-refractivity contribution in [3.63, 3.8) is 0 Å². The summed E-state index contributed by atoms with van der Waals surface area (Å²) in [4.78, 5) is 32.2. The highest BCUT2D eigenvalue weighted by molar-refractivity contribution is 7.15. The minimum Gasteiger partial charge on any atom is -0.497 e. The summed E-state index contributed by atoms with van der Waals surface area (Å²) in [5.74, 6) is 0.0833. The molecule has 27 heavy (non-hydrogen) atoms. The Morgan fingerprint density at radius 2 is 2.04 bits per heavy atom. The Balaban J connectivity index is 2.09. The molecule has 2 rings (SSSR count). The fraction of sp³-hybridized carbons (Fsp3) is 0.421. The van der Waals surface area contributed by atoms with Gasteiger partial charge in [0.05, 0.1) is 12.8 Å². The first-order valence-electron chi connectivity index (χ1n) is 8.60. The monoisotopic (exact) mass is 391 g/mol. The van der Waals surface area contributed by atoms with Gasteiger partial charge in [-0.1, -0.05) is 6.07 Å². The molecule has 2 amide bonds. The molecule has 0 spiro atoms. The van der Waals surface area contributed by atoms with Gasteiger partial charge in [-0.3, -0.25) is 9.59 Å². The van der Waals surface area contributed by atoms with E-state index in [1.54, 1.807) is 38.5 Å². The van der Waals surface area contributed by atoms with E-state index in [1.807, 2.05) is 13.8 Å². The number of carbonyl (C=O) groups is 2. The highest BCUT2D eigenvalue weighted by Crippen LogP contribution is 2.21. The van der Waals surface area contributed by atoms with Crippen molar-refractivity contribution in [1.29, 1.82) is 0 Å². The van der Waals surface area contributed by atoms with Gasteiger partial charge in [0.2, 0.25) is 5.91 Å². The van der Waals surface area contributed by atoms with Crippen molar-refractivity contribution >= 4 is 28.3 Å². The van der Waals surface area contributed by atoms with Gasteiger partial charge in [-0.05, 0) is 38.5 Å². The third kappa shape index (κ3) is 6.04. The molecule has 1 aromatic carbocycles. The maximum atomic E-state index is 12.9. The van der Waals surface area contributed by atoms with Crippen LogP contribution >= 0.6 is 11.3 Å². The lowest BCUT2D eigenvalue weighted by atomic mass is 10.2. The standard InChI is InChI=1S/C19H25N3O4S/c1-13-14(2)27-19(20-13)21-17(23)12-22(9-6-10-25-3)18(24)15-7-5-8-16(11-15)26-4/h5,7-8,11H,6,9-10,12H2,1-4H3,(H,20,21,23). The SMILES string of the molecule is COCCCN(CC(=O)Nc1nc(C)c(C)s1)C(=O)c1cccc(OC)c1. The first kappa shape index (κ1) is 20.9. The van der Waals surface area contributed by atoms with E-state index in [0.717, 1.165) is 10.6 Å². The van der Waals surface area contributed by atoms with Crippen molar-refractivity contribution in [1.82, 2.24) is 9.88 Å². The number of methoxy groups -OCH3 is 2. The molecular weight excluding hydrogens is 366 g/mol. The highest BCUT2D eigenvalue weighted by Gasteiger charge is 2.20. The lowest BCUT2D eigenvalue weighted by molar-refractivity contribution is -0.116. The fourth-order valence-corrected chi connectivity index (χ4v) is 3.28. The number of aryl methyl sites for hydroxylation is 2. The van der Waals surface area contributed by atoms with E-state index in [-0.39, 0.29) is 18.4 Å². The van der Waals surface area contributed by atoms with Crippen LogP contribution in [0.25, 0.3) is 0 Å². The number of aromatic nitrogens is 1. The zero-order valence-corrected chi connectivity index (χ0v) is 16.9. The van der Waals surface area contributed by atoms with Crippen LogP contribution in [-0.4, -0.2) is 55.6 Å². The van der Waals surface area contributed by atoms with Gasteiger partial charge in [-0.25, -0.2) is 4.98 Å². The normalized spacial score (nSPS) is 10.5. The molecule has 2 aromatic rings. The first-order chi connectivity index (χ1) is 12.9. The van der Waals surface area contributed by atoms with Gasteiger partial charge < -0.3 is 19.7 Å². The van der Waals surface area contributed by atoms with Gasteiger partial charge in [-0.2, -0.15) is 0 Å². The molecule has 1 N–H and O–H groups in total. The number of ether oxygens (including phenoxy) is 2. The van der Waals surface area contributed by atoms with Crippen LogP contribution in [0.3, 0.4) is 0 Å². The Hall–Kier alpha value is -2.45. The summed E-state index contributed by atoms with van der Waals surface area (Å²) >= 11 is 1.42. The molecule has 0 saturated carbocycles. The second kappa shape index (κ2) is 10.0. The first-order valence-corrected chi connectivity index (χ1v) is 9.42. The maximum absolute atomic E-state index is 12.9. The van der Waals surface area contributed by atoms with Crippen molar-refractivity contribution in [2.24, 2.45) is 0 Å². The molecule has 0 atom stereocenters. The number of benzene rings is 1. The third-order valence-electron chi connectivity index (χ3n) is 3.99. The number of hydrogen-bond donors (Lipinski definition) is 1. The van der Waals surface area contributed by atoms with Crippen LogP contribution in [0.5, 0.6) is 5.75 Å². The van der Waals surface area contributed by atoms with E-state index in [0.29, 0.717) is 36.0 Å². The summed E-state index contributed by atoms with van der Waals surface area (Å²) in [6.07, 6.45) is 0.634.